The van der Waals surface area contributed by atoms with E-state index < -0.39 is 5.97 Å². The van der Waals surface area contributed by atoms with Crippen molar-refractivity contribution in [2.24, 2.45) is 11.8 Å². The lowest BCUT2D eigenvalue weighted by Crippen LogP contribution is -2.27. The summed E-state index contributed by atoms with van der Waals surface area (Å²) < 4.78 is 0.476. The molecular formula is C10H14O2S2. The molecule has 2 rings (SSSR count). The summed E-state index contributed by atoms with van der Waals surface area (Å²) in [6.07, 6.45) is 6.12. The van der Waals surface area contributed by atoms with Crippen molar-refractivity contribution in [2.75, 3.05) is 11.5 Å². The van der Waals surface area contributed by atoms with Crippen molar-refractivity contribution in [3.8, 4) is 0 Å². The Bertz CT molecular complexity index is 247. The molecule has 1 aliphatic heterocycles. The second kappa shape index (κ2) is 4.62. The summed E-state index contributed by atoms with van der Waals surface area (Å²) in [5, 5.41) is 9.06. The molecule has 4 heteroatoms. The molecule has 0 radical (unpaired) electrons. The lowest BCUT2D eigenvalue weighted by atomic mass is 9.97. The third-order valence-electron chi connectivity index (χ3n) is 2.70. The minimum atomic E-state index is -0.633. The first-order valence-electron chi connectivity index (χ1n) is 4.91. The van der Waals surface area contributed by atoms with E-state index in [2.05, 4.69) is 6.08 Å². The van der Waals surface area contributed by atoms with Crippen LogP contribution in [-0.4, -0.2) is 27.2 Å². The van der Waals surface area contributed by atoms with Gasteiger partial charge in [-0.15, -0.1) is 23.5 Å². The van der Waals surface area contributed by atoms with E-state index in [0.717, 1.165) is 6.42 Å². The van der Waals surface area contributed by atoms with Crippen LogP contribution in [0.25, 0.3) is 0 Å². The Hall–Kier alpha value is -0.0900. The molecule has 0 aromatic carbocycles. The number of carboxylic acids is 1. The van der Waals surface area contributed by atoms with E-state index in [0.29, 0.717) is 4.58 Å². The van der Waals surface area contributed by atoms with Crippen LogP contribution in [0, 0.1) is 11.8 Å². The van der Waals surface area contributed by atoms with E-state index in [9.17, 15) is 4.79 Å². The van der Waals surface area contributed by atoms with Crippen LogP contribution in [0.5, 0.6) is 0 Å². The van der Waals surface area contributed by atoms with Crippen LogP contribution >= 0.6 is 23.5 Å². The third kappa shape index (κ3) is 2.11. The van der Waals surface area contributed by atoms with Gasteiger partial charge in [0.25, 0.3) is 0 Å². The van der Waals surface area contributed by atoms with Gasteiger partial charge in [-0.3, -0.25) is 4.79 Å². The van der Waals surface area contributed by atoms with Gasteiger partial charge in [-0.25, -0.2) is 0 Å². The molecular weight excluding hydrogens is 216 g/mol. The summed E-state index contributed by atoms with van der Waals surface area (Å²) in [5.41, 5.74) is 0. The van der Waals surface area contributed by atoms with Crippen LogP contribution in [-0.2, 0) is 4.79 Å². The lowest BCUT2D eigenvalue weighted by Gasteiger charge is -2.28. The number of allylic oxidation sites excluding steroid dienone is 2. The van der Waals surface area contributed by atoms with E-state index in [1.54, 1.807) is 0 Å². The van der Waals surface area contributed by atoms with Crippen molar-refractivity contribution < 1.29 is 9.90 Å². The molecule has 0 saturated carbocycles. The Kier molecular flexibility index (Phi) is 3.44. The fourth-order valence-electron chi connectivity index (χ4n) is 1.95. The molecule has 0 bridgehead atoms. The maximum Gasteiger partial charge on any atom is 0.307 e. The number of rotatable bonds is 2. The van der Waals surface area contributed by atoms with Crippen LogP contribution in [0.15, 0.2) is 12.2 Å². The fraction of sp³-hybridized carbons (Fsp3) is 0.700. The Labute approximate surface area is 92.5 Å². The summed E-state index contributed by atoms with van der Waals surface area (Å²) in [6.45, 7) is 0. The zero-order valence-corrected chi connectivity index (χ0v) is 9.52. The molecule has 2 atom stereocenters. The molecule has 1 N–H and O–H groups in total. The second-order valence-electron chi connectivity index (χ2n) is 3.65. The zero-order chi connectivity index (χ0) is 9.97. The molecule has 2 aliphatic rings. The first kappa shape index (κ1) is 10.4. The third-order valence-corrected chi connectivity index (χ3v) is 5.85. The molecule has 14 heavy (non-hydrogen) atoms. The second-order valence-corrected chi connectivity index (χ2v) is 6.45. The standard InChI is InChI=1S/C10H14O2S2/c11-9(12)7-3-1-4-8(7)10-13-5-2-6-14-10/h1,4,7-8,10H,2-3,5-6H2,(H,11,12). The van der Waals surface area contributed by atoms with Crippen molar-refractivity contribution in [1.29, 1.82) is 0 Å². The molecule has 1 aliphatic carbocycles. The molecule has 0 amide bonds. The van der Waals surface area contributed by atoms with Gasteiger partial charge in [-0.05, 0) is 24.3 Å². The predicted octanol–water partition coefficient (Wildman–Crippen LogP) is 2.46. The van der Waals surface area contributed by atoms with Gasteiger partial charge >= 0.3 is 5.97 Å². The highest BCUT2D eigenvalue weighted by Crippen LogP contribution is 2.42. The van der Waals surface area contributed by atoms with E-state index in [4.69, 9.17) is 5.11 Å². The maximum absolute atomic E-state index is 11.0. The quantitative estimate of drug-likeness (QED) is 0.739. The molecule has 1 saturated heterocycles. The minimum Gasteiger partial charge on any atom is -0.481 e. The Morgan fingerprint density at radius 3 is 2.71 bits per heavy atom. The summed E-state index contributed by atoms with van der Waals surface area (Å²) in [5.74, 6) is 1.83. The summed E-state index contributed by atoms with van der Waals surface area (Å²) in [7, 11) is 0. The van der Waals surface area contributed by atoms with Crippen LogP contribution in [0.1, 0.15) is 12.8 Å². The average Bonchev–Trinajstić information content (AvgIpc) is 2.67. The summed E-state index contributed by atoms with van der Waals surface area (Å²) in [4.78, 5) is 11.0. The van der Waals surface area contributed by atoms with Gasteiger partial charge in [0.05, 0.1) is 10.5 Å². The lowest BCUT2D eigenvalue weighted by molar-refractivity contribution is -0.142. The van der Waals surface area contributed by atoms with E-state index in [-0.39, 0.29) is 11.8 Å². The van der Waals surface area contributed by atoms with Crippen LogP contribution in [0.3, 0.4) is 0 Å². The summed E-state index contributed by atoms with van der Waals surface area (Å²) >= 11 is 3.86. The molecule has 1 fully saturated rings. The van der Waals surface area contributed by atoms with Gasteiger partial charge in [-0.2, -0.15) is 0 Å². The van der Waals surface area contributed by atoms with Crippen LogP contribution in [0.2, 0.25) is 0 Å². The molecule has 0 spiro atoms. The molecule has 0 aromatic heterocycles. The van der Waals surface area contributed by atoms with Crippen molar-refractivity contribution in [3.05, 3.63) is 12.2 Å². The topological polar surface area (TPSA) is 37.3 Å². The number of hydrogen-bond donors (Lipinski definition) is 1. The van der Waals surface area contributed by atoms with Crippen molar-refractivity contribution in [2.45, 2.75) is 17.4 Å². The Balaban J connectivity index is 2.00. The first-order chi connectivity index (χ1) is 6.79. The highest BCUT2D eigenvalue weighted by atomic mass is 32.2. The van der Waals surface area contributed by atoms with E-state index in [1.165, 1.54) is 17.9 Å². The molecule has 2 nitrogen and oxygen atoms in total. The first-order valence-corrected chi connectivity index (χ1v) is 7.01. The van der Waals surface area contributed by atoms with Gasteiger partial charge in [0.15, 0.2) is 0 Å². The Morgan fingerprint density at radius 1 is 1.36 bits per heavy atom. The van der Waals surface area contributed by atoms with Crippen molar-refractivity contribution in [3.63, 3.8) is 0 Å². The van der Waals surface area contributed by atoms with Gasteiger partial charge in [0, 0.05) is 5.92 Å². The SMILES string of the molecule is O=C(O)C1CC=CC1C1SCCCS1. The number of carbonyl (C=O) groups is 1. The highest BCUT2D eigenvalue weighted by molar-refractivity contribution is 8.17. The van der Waals surface area contributed by atoms with Gasteiger partial charge in [0.2, 0.25) is 0 Å². The minimum absolute atomic E-state index is 0.168. The fourth-order valence-corrected chi connectivity index (χ4v) is 5.18. The largest absolute Gasteiger partial charge is 0.481 e. The highest BCUT2D eigenvalue weighted by Gasteiger charge is 2.36. The number of hydrogen-bond acceptors (Lipinski definition) is 3. The Morgan fingerprint density at radius 2 is 2.07 bits per heavy atom. The average molecular weight is 230 g/mol. The van der Waals surface area contributed by atoms with E-state index >= 15 is 0 Å². The van der Waals surface area contributed by atoms with Gasteiger partial charge < -0.3 is 5.11 Å². The molecule has 2 unspecified atom stereocenters. The van der Waals surface area contributed by atoms with Crippen LogP contribution < -0.4 is 0 Å². The monoisotopic (exact) mass is 230 g/mol. The number of aliphatic carboxylic acids is 1. The number of carboxylic acid groups (broad SMARTS) is 1. The van der Waals surface area contributed by atoms with Crippen LogP contribution in [0.4, 0.5) is 0 Å². The molecule has 0 aromatic rings. The van der Waals surface area contributed by atoms with Crippen molar-refractivity contribution >= 4 is 29.5 Å². The predicted molar refractivity (Wildman–Crippen MR) is 61.7 cm³/mol. The van der Waals surface area contributed by atoms with Gasteiger partial charge in [-0.1, -0.05) is 12.2 Å². The maximum atomic E-state index is 11.0. The number of thioether (sulfide) groups is 2. The molecule has 1 heterocycles. The van der Waals surface area contributed by atoms with Gasteiger partial charge in [0.1, 0.15) is 0 Å². The van der Waals surface area contributed by atoms with E-state index in [1.807, 2.05) is 29.6 Å². The smallest absolute Gasteiger partial charge is 0.307 e. The van der Waals surface area contributed by atoms with Crippen molar-refractivity contribution in [1.82, 2.24) is 0 Å². The normalized spacial score (nSPS) is 33.4. The molecule has 78 valence electrons. The summed E-state index contributed by atoms with van der Waals surface area (Å²) in [6, 6.07) is 0. The zero-order valence-electron chi connectivity index (χ0n) is 7.89.